The van der Waals surface area contributed by atoms with Crippen LogP contribution in [0.5, 0.6) is 0 Å². The van der Waals surface area contributed by atoms with Gasteiger partial charge in [-0.1, -0.05) is 19.9 Å². The van der Waals surface area contributed by atoms with Crippen molar-refractivity contribution >= 4 is 11.9 Å². The van der Waals surface area contributed by atoms with Gasteiger partial charge in [0, 0.05) is 6.92 Å². The van der Waals surface area contributed by atoms with Crippen molar-refractivity contribution in [2.75, 3.05) is 33.0 Å². The zero-order chi connectivity index (χ0) is 59.0. The predicted molar refractivity (Wildman–Crippen MR) is 263 cm³/mol. The van der Waals surface area contributed by atoms with E-state index in [9.17, 15) is 86.5 Å². The van der Waals surface area contributed by atoms with Gasteiger partial charge in [-0.25, -0.2) is 0 Å². The number of ether oxygens (including phenoxy) is 10. The molecule has 28 unspecified atom stereocenters. The quantitative estimate of drug-likeness (QED) is 0.0388. The predicted octanol–water partition coefficient (Wildman–Crippen LogP) is -7.15. The van der Waals surface area contributed by atoms with E-state index in [4.69, 9.17) is 47.4 Å². The Balaban J connectivity index is 0.971. The van der Waals surface area contributed by atoms with Gasteiger partial charge in [0.25, 0.3) is 0 Å². The Morgan fingerprint density at radius 2 is 1.00 bits per heavy atom. The number of fused-ring (bicyclic) bond motifs is 3. The van der Waals surface area contributed by atoms with Crippen LogP contribution in [0, 0.1) is 28.1 Å². The first-order chi connectivity index (χ1) is 38.3. The number of hydrogen-bond acceptors (Lipinski definition) is 28. The Labute approximate surface area is 465 Å². The number of esters is 1. The summed E-state index contributed by atoms with van der Waals surface area (Å²) in [6, 6.07) is -1.49. The van der Waals surface area contributed by atoms with Crippen molar-refractivity contribution in [1.29, 1.82) is 0 Å². The van der Waals surface area contributed by atoms with Crippen LogP contribution in [0.4, 0.5) is 0 Å². The van der Waals surface area contributed by atoms with E-state index in [0.717, 1.165) is 6.92 Å². The Bertz CT molecular complexity index is 2200. The molecule has 0 aromatic carbocycles. The summed E-state index contributed by atoms with van der Waals surface area (Å²) in [6.45, 7) is 5.44. The molecule has 2 bridgehead atoms. The lowest BCUT2D eigenvalue weighted by Gasteiger charge is -2.64. The molecule has 17 N–H and O–H groups in total. The minimum Gasteiger partial charge on any atom is -0.432 e. The third kappa shape index (κ3) is 11.2. The first-order valence-electron chi connectivity index (χ1n) is 27.9. The molecule has 4 aliphatic carbocycles. The molecule has 4 saturated carbocycles. The van der Waals surface area contributed by atoms with Crippen molar-refractivity contribution < 1.29 is 139 Å². The van der Waals surface area contributed by atoms with Crippen molar-refractivity contribution in [3.63, 3.8) is 0 Å². The Morgan fingerprint density at radius 3 is 1.56 bits per heavy atom. The fourth-order valence-electron chi connectivity index (χ4n) is 15.4. The van der Waals surface area contributed by atoms with Gasteiger partial charge in [-0.15, -0.1) is 0 Å². The van der Waals surface area contributed by atoms with Crippen molar-refractivity contribution in [3.05, 3.63) is 12.2 Å². The lowest BCUT2D eigenvalue weighted by molar-refractivity contribution is -0.400. The zero-order valence-electron chi connectivity index (χ0n) is 45.2. The van der Waals surface area contributed by atoms with Crippen LogP contribution in [0.2, 0.25) is 0 Å². The maximum Gasteiger partial charge on any atom is 0.314 e. The molecule has 9 fully saturated rings. The van der Waals surface area contributed by atoms with E-state index in [-0.39, 0.29) is 11.8 Å². The fourth-order valence-corrected chi connectivity index (χ4v) is 15.4. The lowest BCUT2D eigenvalue weighted by Crippen LogP contribution is -2.68. The summed E-state index contributed by atoms with van der Waals surface area (Å²) in [6.07, 6.45) is -37.9. The average molecular weight is 1170 g/mol. The number of carbonyl (C=O) groups excluding carboxylic acids is 2. The van der Waals surface area contributed by atoms with Crippen LogP contribution in [0.3, 0.4) is 0 Å². The summed E-state index contributed by atoms with van der Waals surface area (Å²) >= 11 is 0. The van der Waals surface area contributed by atoms with Crippen molar-refractivity contribution in [3.8, 4) is 0 Å². The topological polar surface area (TPSA) is 462 Å². The van der Waals surface area contributed by atoms with Crippen molar-refractivity contribution in [2.45, 2.75) is 238 Å². The van der Waals surface area contributed by atoms with E-state index in [1.807, 2.05) is 0 Å². The molecule has 9 rings (SSSR count). The molecule has 81 heavy (non-hydrogen) atoms. The first kappa shape index (κ1) is 63.2. The van der Waals surface area contributed by atoms with Crippen LogP contribution in [0.15, 0.2) is 12.2 Å². The summed E-state index contributed by atoms with van der Waals surface area (Å²) in [5.74, 6) is -1.84. The van der Waals surface area contributed by atoms with Crippen LogP contribution in [0.1, 0.15) is 78.6 Å². The summed E-state index contributed by atoms with van der Waals surface area (Å²) in [7, 11) is 0. The van der Waals surface area contributed by atoms with E-state index in [1.54, 1.807) is 6.92 Å². The highest BCUT2D eigenvalue weighted by molar-refractivity contribution is 5.77. The minimum atomic E-state index is -2.00. The number of amides is 1. The highest BCUT2D eigenvalue weighted by Crippen LogP contribution is 2.74. The molecule has 464 valence electrons. The second-order valence-corrected chi connectivity index (χ2v) is 24.3. The van der Waals surface area contributed by atoms with Gasteiger partial charge in [-0.2, -0.15) is 0 Å². The van der Waals surface area contributed by atoms with Crippen LogP contribution in [-0.4, -0.2) is 286 Å². The number of rotatable bonds is 16. The van der Waals surface area contributed by atoms with Gasteiger partial charge in [0.05, 0.1) is 44.1 Å². The second-order valence-electron chi connectivity index (χ2n) is 24.3. The average Bonchev–Trinajstić information content (AvgIpc) is 3.90. The van der Waals surface area contributed by atoms with Crippen LogP contribution < -0.4 is 5.32 Å². The Morgan fingerprint density at radius 1 is 0.531 bits per heavy atom. The van der Waals surface area contributed by atoms with E-state index < -0.39 is 220 Å². The monoisotopic (exact) mass is 1170 g/mol. The summed E-state index contributed by atoms with van der Waals surface area (Å²) in [5.41, 5.74) is -2.86. The number of aliphatic hydroxyl groups is 16. The lowest BCUT2D eigenvalue weighted by atomic mass is 9.41. The van der Waals surface area contributed by atoms with Crippen LogP contribution >= 0.6 is 0 Å². The molecule has 5 saturated heterocycles. The molecule has 0 aromatic rings. The highest BCUT2D eigenvalue weighted by Gasteiger charge is 2.70. The Hall–Kier alpha value is -2.32. The van der Waals surface area contributed by atoms with Gasteiger partial charge >= 0.3 is 5.97 Å². The molecule has 0 radical (unpaired) electrons. The Kier molecular flexibility index (Phi) is 19.1. The highest BCUT2D eigenvalue weighted by atomic mass is 16.8. The minimum absolute atomic E-state index is 0.0805. The molecule has 5 aliphatic heterocycles. The van der Waals surface area contributed by atoms with E-state index >= 15 is 4.79 Å². The van der Waals surface area contributed by atoms with E-state index in [0.29, 0.717) is 63.4 Å². The SMILES string of the molecule is C=C1C[C@@]23CCC4C(C)(CCC[C@@]4(C)C(=O)OC4OC(CO)C(O)C(O)C4OC4OC(CO)C(O)C(O)C4NC(C)=O)[C@@H]2CCC1(OC1OC(CO)C(O)C(OC2OC(CO)C(O)C(O)C2O)C1OC1OC(CO)C(O)C(O)C1O)C3. The van der Waals surface area contributed by atoms with E-state index in [1.165, 1.54) is 0 Å². The van der Waals surface area contributed by atoms with Gasteiger partial charge in [0.2, 0.25) is 12.2 Å². The van der Waals surface area contributed by atoms with Crippen LogP contribution in [-0.2, 0) is 57.0 Å². The normalized spacial score (nSPS) is 52.8. The van der Waals surface area contributed by atoms with Gasteiger partial charge in [0.15, 0.2) is 31.3 Å². The molecule has 29 nitrogen and oxygen atoms in total. The summed E-state index contributed by atoms with van der Waals surface area (Å²) < 4.78 is 61.0. The third-order valence-electron chi connectivity index (χ3n) is 19.6. The number of hydrogen-bond donors (Lipinski definition) is 17. The molecule has 9 aliphatic rings. The summed E-state index contributed by atoms with van der Waals surface area (Å²) in [5, 5.41) is 174. The second kappa shape index (κ2) is 24.4. The maximum atomic E-state index is 15.0. The largest absolute Gasteiger partial charge is 0.432 e. The zero-order valence-corrected chi connectivity index (χ0v) is 45.2. The number of nitrogens with one attached hydrogen (secondary N) is 1. The van der Waals surface area contributed by atoms with Gasteiger partial charge in [-0.3, -0.25) is 9.59 Å². The smallest absolute Gasteiger partial charge is 0.314 e. The third-order valence-corrected chi connectivity index (χ3v) is 19.6. The molecule has 1 spiro atoms. The first-order valence-corrected chi connectivity index (χ1v) is 27.9. The standard InChI is InChI=1S/C52H83NO28/c1-19-12-51-10-6-26-49(3,8-5-9-50(26,4)48(71)80-46-41(37(68)32(63)24(16-57)75-46)78-43-28(53-20(2)59)34(65)29(60)21(13-54)72-43)27(51)7-11-52(19,18-51)81-47-42(79-45-39(70)36(67)31(62)23(15-56)74-45)40(33(64)25(17-58)76-47)77-44-38(69)35(66)30(61)22(14-55)73-44/h21-47,54-58,60-70H,1,5-18H2,2-4H3,(H,53,59)/t21?,22?,23?,24?,25?,26?,27-,28?,29?,30?,31?,32?,33?,34?,35?,36?,37?,38?,39?,40?,41?,42?,43?,44?,45?,46?,47?,49?,50+,51+,52?/m0/s1. The van der Waals surface area contributed by atoms with Crippen molar-refractivity contribution in [1.82, 2.24) is 5.32 Å². The fraction of sp³-hybridized carbons (Fsp3) is 0.923. The molecule has 0 aromatic heterocycles. The number of carbonyl (C=O) groups is 2. The molecular weight excluding hydrogens is 1090 g/mol. The number of aliphatic hydroxyl groups excluding tert-OH is 16. The maximum absolute atomic E-state index is 15.0. The molecule has 5 heterocycles. The van der Waals surface area contributed by atoms with E-state index in [2.05, 4.69) is 18.8 Å². The molecule has 29 heteroatoms. The van der Waals surface area contributed by atoms with Gasteiger partial charge < -0.3 is 134 Å². The van der Waals surface area contributed by atoms with Crippen molar-refractivity contribution in [2.24, 2.45) is 28.1 Å². The summed E-state index contributed by atoms with van der Waals surface area (Å²) in [4.78, 5) is 27.3. The molecule has 1 amide bonds. The van der Waals surface area contributed by atoms with Crippen LogP contribution in [0.25, 0.3) is 0 Å². The van der Waals surface area contributed by atoms with Gasteiger partial charge in [-0.05, 0) is 86.5 Å². The van der Waals surface area contributed by atoms with Gasteiger partial charge in [0.1, 0.15) is 116 Å². The molecular formula is C52H83NO28. The molecule has 31 atom stereocenters.